The van der Waals surface area contributed by atoms with E-state index in [0.29, 0.717) is 16.6 Å². The molecular formula is C14H17ClN4O. The molecule has 0 bridgehead atoms. The van der Waals surface area contributed by atoms with Gasteiger partial charge < -0.3 is 15.4 Å². The predicted octanol–water partition coefficient (Wildman–Crippen LogP) is 3.62. The summed E-state index contributed by atoms with van der Waals surface area (Å²) >= 11 is 6.00. The van der Waals surface area contributed by atoms with E-state index in [9.17, 15) is 0 Å². The molecule has 0 aliphatic rings. The van der Waals surface area contributed by atoms with Gasteiger partial charge in [-0.2, -0.15) is 0 Å². The number of halogens is 1. The fourth-order valence-electron chi connectivity index (χ4n) is 1.79. The molecule has 0 aliphatic heterocycles. The first-order chi connectivity index (χ1) is 9.62. The molecule has 5 nitrogen and oxygen atoms in total. The molecule has 0 fully saturated rings. The Morgan fingerprint density at radius 3 is 2.65 bits per heavy atom. The summed E-state index contributed by atoms with van der Waals surface area (Å²) in [6, 6.07) is 7.33. The van der Waals surface area contributed by atoms with E-state index < -0.39 is 0 Å². The monoisotopic (exact) mass is 292 g/mol. The molecule has 1 aromatic heterocycles. The number of benzene rings is 1. The third kappa shape index (κ3) is 3.51. The van der Waals surface area contributed by atoms with Crippen LogP contribution in [0.5, 0.6) is 5.75 Å². The van der Waals surface area contributed by atoms with Gasteiger partial charge in [0.25, 0.3) is 0 Å². The van der Waals surface area contributed by atoms with E-state index in [2.05, 4.69) is 20.6 Å². The van der Waals surface area contributed by atoms with Gasteiger partial charge >= 0.3 is 0 Å². The summed E-state index contributed by atoms with van der Waals surface area (Å²) in [4.78, 5) is 8.66. The summed E-state index contributed by atoms with van der Waals surface area (Å²) in [7, 11) is 1.59. The van der Waals surface area contributed by atoms with Crippen LogP contribution in [0.2, 0.25) is 5.02 Å². The number of methoxy groups -OCH3 is 1. The predicted molar refractivity (Wildman–Crippen MR) is 82.2 cm³/mol. The van der Waals surface area contributed by atoms with Crippen LogP contribution in [0.4, 0.5) is 17.3 Å². The lowest BCUT2D eigenvalue weighted by Gasteiger charge is -2.11. The Morgan fingerprint density at radius 2 is 1.95 bits per heavy atom. The lowest BCUT2D eigenvalue weighted by Crippen LogP contribution is -2.04. The molecule has 106 valence electrons. The lowest BCUT2D eigenvalue weighted by atomic mass is 10.3. The number of ether oxygens (including phenoxy) is 1. The fourth-order valence-corrected chi connectivity index (χ4v) is 1.98. The van der Waals surface area contributed by atoms with Crippen LogP contribution in [0.15, 0.2) is 24.3 Å². The van der Waals surface area contributed by atoms with E-state index in [4.69, 9.17) is 16.3 Å². The highest BCUT2D eigenvalue weighted by Gasteiger charge is 2.05. The van der Waals surface area contributed by atoms with Gasteiger partial charge in [0, 0.05) is 24.4 Å². The molecule has 0 amide bonds. The Hall–Kier alpha value is -2.01. The smallest absolute Gasteiger partial charge is 0.139 e. The molecule has 0 radical (unpaired) electrons. The molecule has 1 heterocycles. The minimum atomic E-state index is 0.574. The van der Waals surface area contributed by atoms with Crippen molar-refractivity contribution in [3.63, 3.8) is 0 Å². The molecule has 0 unspecified atom stereocenters. The van der Waals surface area contributed by atoms with Crippen LogP contribution >= 0.6 is 11.6 Å². The van der Waals surface area contributed by atoms with E-state index in [1.807, 2.05) is 32.0 Å². The number of hydrogen-bond acceptors (Lipinski definition) is 5. The van der Waals surface area contributed by atoms with Crippen LogP contribution in [0.1, 0.15) is 12.7 Å². The van der Waals surface area contributed by atoms with Crippen molar-refractivity contribution in [3.05, 3.63) is 35.1 Å². The van der Waals surface area contributed by atoms with Crippen LogP contribution in [-0.4, -0.2) is 23.6 Å². The quantitative estimate of drug-likeness (QED) is 0.881. The molecular weight excluding hydrogens is 276 g/mol. The number of aromatic nitrogens is 2. The second-order valence-corrected chi connectivity index (χ2v) is 4.60. The second kappa shape index (κ2) is 6.43. The van der Waals surface area contributed by atoms with Gasteiger partial charge in [0.1, 0.15) is 23.2 Å². The third-order valence-electron chi connectivity index (χ3n) is 2.62. The minimum Gasteiger partial charge on any atom is -0.495 e. The Labute approximate surface area is 123 Å². The fraction of sp³-hybridized carbons (Fsp3) is 0.286. The van der Waals surface area contributed by atoms with Gasteiger partial charge in [-0.3, -0.25) is 0 Å². The average Bonchev–Trinajstić information content (AvgIpc) is 2.40. The molecule has 2 N–H and O–H groups in total. The largest absolute Gasteiger partial charge is 0.495 e. The van der Waals surface area contributed by atoms with Crippen LogP contribution in [0.25, 0.3) is 0 Å². The zero-order valence-electron chi connectivity index (χ0n) is 11.7. The van der Waals surface area contributed by atoms with Gasteiger partial charge in [0.05, 0.1) is 12.1 Å². The number of rotatable bonds is 5. The number of nitrogens with one attached hydrogen (secondary N) is 2. The molecule has 0 spiro atoms. The maximum Gasteiger partial charge on any atom is 0.139 e. The zero-order chi connectivity index (χ0) is 14.5. The lowest BCUT2D eigenvalue weighted by molar-refractivity contribution is 0.415. The molecule has 1 aromatic carbocycles. The van der Waals surface area contributed by atoms with Crippen molar-refractivity contribution >= 4 is 28.9 Å². The molecule has 2 aromatic rings. The normalized spacial score (nSPS) is 10.2. The number of nitrogens with zero attached hydrogens (tertiary/aromatic N) is 2. The summed E-state index contributed by atoms with van der Waals surface area (Å²) in [6.45, 7) is 4.69. The highest BCUT2D eigenvalue weighted by molar-refractivity contribution is 6.32. The first-order valence-electron chi connectivity index (χ1n) is 6.32. The topological polar surface area (TPSA) is 59.1 Å². The maximum atomic E-state index is 6.00. The summed E-state index contributed by atoms with van der Waals surface area (Å²) in [5.41, 5.74) is 0.854. The van der Waals surface area contributed by atoms with Gasteiger partial charge in [-0.1, -0.05) is 11.6 Å². The Balaban J connectivity index is 2.25. The van der Waals surface area contributed by atoms with Crippen molar-refractivity contribution in [2.45, 2.75) is 13.8 Å². The number of hydrogen-bond donors (Lipinski definition) is 2. The number of anilines is 3. The van der Waals surface area contributed by atoms with Crippen LogP contribution < -0.4 is 15.4 Å². The summed E-state index contributed by atoms with van der Waals surface area (Å²) in [6.07, 6.45) is 0. The average molecular weight is 293 g/mol. The second-order valence-electron chi connectivity index (χ2n) is 4.19. The van der Waals surface area contributed by atoms with Gasteiger partial charge in [-0.05, 0) is 26.0 Å². The van der Waals surface area contributed by atoms with E-state index in [1.54, 1.807) is 13.2 Å². The third-order valence-corrected chi connectivity index (χ3v) is 2.93. The molecule has 0 aliphatic carbocycles. The Morgan fingerprint density at radius 1 is 1.20 bits per heavy atom. The van der Waals surface area contributed by atoms with Crippen molar-refractivity contribution < 1.29 is 4.74 Å². The van der Waals surface area contributed by atoms with Gasteiger partial charge in [-0.25, -0.2) is 9.97 Å². The van der Waals surface area contributed by atoms with Crippen molar-refractivity contribution in [2.24, 2.45) is 0 Å². The van der Waals surface area contributed by atoms with Crippen LogP contribution in [0.3, 0.4) is 0 Å². The van der Waals surface area contributed by atoms with Gasteiger partial charge in [0.2, 0.25) is 0 Å². The summed E-state index contributed by atoms with van der Waals surface area (Å²) < 4.78 is 5.19. The van der Waals surface area contributed by atoms with E-state index in [-0.39, 0.29) is 0 Å². The highest BCUT2D eigenvalue weighted by Crippen LogP contribution is 2.28. The summed E-state index contributed by atoms with van der Waals surface area (Å²) in [5.74, 6) is 2.84. The molecule has 0 saturated heterocycles. The minimum absolute atomic E-state index is 0.574. The Kier molecular flexibility index (Phi) is 4.63. The summed E-state index contributed by atoms with van der Waals surface area (Å²) in [5, 5.41) is 6.96. The Bertz CT molecular complexity index is 604. The van der Waals surface area contributed by atoms with Crippen LogP contribution in [0, 0.1) is 6.92 Å². The van der Waals surface area contributed by atoms with E-state index in [1.165, 1.54) is 0 Å². The SMILES string of the molecule is CCNc1cc(Nc2ccc(Cl)c(OC)c2)nc(C)n1. The molecule has 0 saturated carbocycles. The van der Waals surface area contributed by atoms with Crippen molar-refractivity contribution in [3.8, 4) is 5.75 Å². The van der Waals surface area contributed by atoms with E-state index >= 15 is 0 Å². The standard InChI is InChI=1S/C14H17ClN4O/c1-4-16-13-8-14(18-9(2)17-13)19-10-5-6-11(15)12(7-10)20-3/h5-8H,4H2,1-3H3,(H2,16,17,18,19). The van der Waals surface area contributed by atoms with Crippen molar-refractivity contribution in [1.82, 2.24) is 9.97 Å². The molecule has 2 rings (SSSR count). The number of aryl methyl sites for hydroxylation is 1. The van der Waals surface area contributed by atoms with Crippen LogP contribution in [-0.2, 0) is 0 Å². The first-order valence-corrected chi connectivity index (χ1v) is 6.70. The maximum absolute atomic E-state index is 6.00. The van der Waals surface area contributed by atoms with Gasteiger partial charge in [-0.15, -0.1) is 0 Å². The molecule has 0 atom stereocenters. The zero-order valence-corrected chi connectivity index (χ0v) is 12.5. The highest BCUT2D eigenvalue weighted by atomic mass is 35.5. The van der Waals surface area contributed by atoms with Crippen molar-refractivity contribution in [1.29, 1.82) is 0 Å². The van der Waals surface area contributed by atoms with Crippen molar-refractivity contribution in [2.75, 3.05) is 24.3 Å². The molecule has 6 heteroatoms. The van der Waals surface area contributed by atoms with E-state index in [0.717, 1.165) is 23.9 Å². The van der Waals surface area contributed by atoms with Gasteiger partial charge in [0.15, 0.2) is 0 Å². The first kappa shape index (κ1) is 14.4. The molecule has 20 heavy (non-hydrogen) atoms.